The summed E-state index contributed by atoms with van der Waals surface area (Å²) in [6.45, 7) is 6.31. The Morgan fingerprint density at radius 1 is 1.00 bits per heavy atom. The number of nitrogens with zero attached hydrogens (tertiary/aromatic N) is 3. The van der Waals surface area contributed by atoms with E-state index in [1.165, 1.54) is 5.56 Å². The van der Waals surface area contributed by atoms with E-state index in [2.05, 4.69) is 46.4 Å². The number of morpholine rings is 1. The molecule has 6 heteroatoms. The molecule has 1 aliphatic heterocycles. The van der Waals surface area contributed by atoms with E-state index < -0.39 is 0 Å². The van der Waals surface area contributed by atoms with E-state index in [9.17, 15) is 4.79 Å². The second-order valence-electron chi connectivity index (χ2n) is 8.35. The predicted molar refractivity (Wildman–Crippen MR) is 130 cm³/mol. The van der Waals surface area contributed by atoms with Gasteiger partial charge in [0.1, 0.15) is 0 Å². The fourth-order valence-corrected chi connectivity index (χ4v) is 3.95. The first-order valence-corrected chi connectivity index (χ1v) is 11.2. The lowest BCUT2D eigenvalue weighted by molar-refractivity contribution is 0.0337. The number of carbonyl (C=O) groups excluding carboxylic acids is 1. The lowest BCUT2D eigenvalue weighted by Crippen LogP contribution is -2.35. The molecule has 1 amide bonds. The van der Waals surface area contributed by atoms with E-state index in [1.54, 1.807) is 12.3 Å². The molecule has 166 valence electrons. The van der Waals surface area contributed by atoms with Crippen molar-refractivity contribution in [1.29, 1.82) is 0 Å². The second kappa shape index (κ2) is 9.48. The van der Waals surface area contributed by atoms with Gasteiger partial charge in [-0.05, 0) is 43.3 Å². The number of fused-ring (bicyclic) bond motifs is 1. The molecule has 33 heavy (non-hydrogen) atoms. The van der Waals surface area contributed by atoms with Crippen LogP contribution in [-0.2, 0) is 11.3 Å². The molecule has 0 radical (unpaired) electrons. The number of rotatable bonds is 5. The maximum atomic E-state index is 12.7. The Morgan fingerprint density at radius 2 is 1.82 bits per heavy atom. The zero-order valence-corrected chi connectivity index (χ0v) is 18.6. The largest absolute Gasteiger partial charge is 0.379 e. The topological polar surface area (TPSA) is 67.4 Å². The molecular formula is C27H26N4O2. The fourth-order valence-electron chi connectivity index (χ4n) is 3.95. The number of pyridine rings is 2. The Hall–Kier alpha value is -3.61. The summed E-state index contributed by atoms with van der Waals surface area (Å²) in [6.07, 6.45) is 1.62. The number of aromatic nitrogens is 2. The van der Waals surface area contributed by atoms with E-state index >= 15 is 0 Å². The molecule has 0 bridgehead atoms. The maximum Gasteiger partial charge on any atom is 0.257 e. The standard InChI is InChI=1S/C27H26N4O2/c1-19-2-4-20(5-3-19)25-10-7-22(17-28-25)27(32)30-23-9-11-26-21(16-23)6-8-24(29-26)18-31-12-14-33-15-13-31/h2-11,16-17H,12-15,18H2,1H3,(H,30,32). The number of hydrogen-bond acceptors (Lipinski definition) is 5. The van der Waals surface area contributed by atoms with Crippen molar-refractivity contribution in [1.82, 2.24) is 14.9 Å². The molecule has 5 rings (SSSR count). The molecule has 2 aromatic carbocycles. The van der Waals surface area contributed by atoms with Gasteiger partial charge in [-0.3, -0.25) is 19.7 Å². The Kier molecular flexibility index (Phi) is 6.11. The third-order valence-corrected chi connectivity index (χ3v) is 5.87. The van der Waals surface area contributed by atoms with E-state index in [0.29, 0.717) is 5.56 Å². The average Bonchev–Trinajstić information content (AvgIpc) is 2.85. The first-order valence-electron chi connectivity index (χ1n) is 11.2. The summed E-state index contributed by atoms with van der Waals surface area (Å²) in [7, 11) is 0. The molecular weight excluding hydrogens is 412 g/mol. The third-order valence-electron chi connectivity index (χ3n) is 5.87. The van der Waals surface area contributed by atoms with Gasteiger partial charge < -0.3 is 10.1 Å². The predicted octanol–water partition coefficient (Wildman–Crippen LogP) is 4.69. The number of amides is 1. The molecule has 0 aliphatic carbocycles. The smallest absolute Gasteiger partial charge is 0.257 e. The summed E-state index contributed by atoms with van der Waals surface area (Å²) in [5, 5.41) is 3.96. The summed E-state index contributed by atoms with van der Waals surface area (Å²) in [4.78, 5) is 24.3. The minimum absolute atomic E-state index is 0.186. The normalized spacial score (nSPS) is 14.3. The molecule has 0 atom stereocenters. The Balaban J connectivity index is 1.26. The van der Waals surface area contributed by atoms with Crippen LogP contribution in [0.25, 0.3) is 22.2 Å². The van der Waals surface area contributed by atoms with Gasteiger partial charge in [0.25, 0.3) is 5.91 Å². The molecule has 1 saturated heterocycles. The minimum Gasteiger partial charge on any atom is -0.379 e. The monoisotopic (exact) mass is 438 g/mol. The van der Waals surface area contributed by atoms with Crippen LogP contribution in [0.1, 0.15) is 21.6 Å². The molecule has 2 aromatic heterocycles. The van der Waals surface area contributed by atoms with E-state index in [0.717, 1.165) is 66.4 Å². The van der Waals surface area contributed by atoms with Crippen molar-refractivity contribution < 1.29 is 9.53 Å². The first-order chi connectivity index (χ1) is 16.1. The molecule has 0 spiro atoms. The highest BCUT2D eigenvalue weighted by molar-refractivity contribution is 6.05. The van der Waals surface area contributed by atoms with Crippen LogP contribution in [0.4, 0.5) is 5.69 Å². The van der Waals surface area contributed by atoms with Crippen LogP contribution in [0.5, 0.6) is 0 Å². The van der Waals surface area contributed by atoms with E-state index in [1.807, 2.05) is 36.4 Å². The molecule has 0 saturated carbocycles. The average molecular weight is 439 g/mol. The Bertz CT molecular complexity index is 1260. The molecule has 1 N–H and O–H groups in total. The van der Waals surface area contributed by atoms with Crippen LogP contribution < -0.4 is 5.32 Å². The quantitative estimate of drug-likeness (QED) is 0.490. The number of aryl methyl sites for hydroxylation is 1. The van der Waals surface area contributed by atoms with Gasteiger partial charge in [-0.2, -0.15) is 0 Å². The number of hydrogen-bond donors (Lipinski definition) is 1. The number of anilines is 1. The zero-order chi connectivity index (χ0) is 22.6. The van der Waals surface area contributed by atoms with Crippen molar-refractivity contribution in [3.8, 4) is 11.3 Å². The van der Waals surface area contributed by atoms with Crippen LogP contribution in [0.3, 0.4) is 0 Å². The van der Waals surface area contributed by atoms with Crippen molar-refractivity contribution in [2.45, 2.75) is 13.5 Å². The maximum absolute atomic E-state index is 12.7. The zero-order valence-electron chi connectivity index (χ0n) is 18.6. The molecule has 3 heterocycles. The van der Waals surface area contributed by atoms with E-state index in [-0.39, 0.29) is 5.91 Å². The highest BCUT2D eigenvalue weighted by Crippen LogP contribution is 2.21. The van der Waals surface area contributed by atoms with Crippen molar-refractivity contribution in [2.75, 3.05) is 31.6 Å². The van der Waals surface area contributed by atoms with Gasteiger partial charge in [0, 0.05) is 42.5 Å². The van der Waals surface area contributed by atoms with Crippen LogP contribution in [0.15, 0.2) is 72.9 Å². The highest BCUT2D eigenvalue weighted by atomic mass is 16.5. The Labute approximate surface area is 193 Å². The van der Waals surface area contributed by atoms with Gasteiger partial charge >= 0.3 is 0 Å². The molecule has 1 aliphatic rings. The van der Waals surface area contributed by atoms with Crippen LogP contribution in [0, 0.1) is 6.92 Å². The third kappa shape index (κ3) is 5.08. The lowest BCUT2D eigenvalue weighted by atomic mass is 10.1. The van der Waals surface area contributed by atoms with Crippen molar-refractivity contribution in [3.63, 3.8) is 0 Å². The molecule has 4 aromatic rings. The van der Waals surface area contributed by atoms with Crippen molar-refractivity contribution >= 4 is 22.5 Å². The van der Waals surface area contributed by atoms with Gasteiger partial charge in [0.2, 0.25) is 0 Å². The van der Waals surface area contributed by atoms with Crippen LogP contribution in [0.2, 0.25) is 0 Å². The fraction of sp³-hybridized carbons (Fsp3) is 0.222. The van der Waals surface area contributed by atoms with Gasteiger partial charge in [0.15, 0.2) is 0 Å². The summed E-state index contributed by atoms with van der Waals surface area (Å²) >= 11 is 0. The summed E-state index contributed by atoms with van der Waals surface area (Å²) < 4.78 is 5.41. The number of benzene rings is 2. The highest BCUT2D eigenvalue weighted by Gasteiger charge is 2.12. The number of ether oxygens (including phenoxy) is 1. The summed E-state index contributed by atoms with van der Waals surface area (Å²) in [6, 6.07) is 21.8. The SMILES string of the molecule is Cc1ccc(-c2ccc(C(=O)Nc3ccc4nc(CN5CCOCC5)ccc4c3)cn2)cc1. The molecule has 0 unspecified atom stereocenters. The van der Waals surface area contributed by atoms with Crippen LogP contribution >= 0.6 is 0 Å². The summed E-state index contributed by atoms with van der Waals surface area (Å²) in [5.41, 5.74) is 6.29. The van der Waals surface area contributed by atoms with Crippen molar-refractivity contribution in [2.24, 2.45) is 0 Å². The lowest BCUT2D eigenvalue weighted by Gasteiger charge is -2.26. The van der Waals surface area contributed by atoms with Gasteiger partial charge in [-0.1, -0.05) is 35.9 Å². The van der Waals surface area contributed by atoms with Crippen molar-refractivity contribution in [3.05, 3.63) is 89.7 Å². The summed E-state index contributed by atoms with van der Waals surface area (Å²) in [5.74, 6) is -0.186. The molecule has 1 fully saturated rings. The number of nitrogens with one attached hydrogen (secondary N) is 1. The first kappa shape index (κ1) is 21.2. The van der Waals surface area contributed by atoms with Gasteiger partial charge in [-0.25, -0.2) is 0 Å². The van der Waals surface area contributed by atoms with E-state index in [4.69, 9.17) is 9.72 Å². The second-order valence-corrected chi connectivity index (χ2v) is 8.35. The van der Waals surface area contributed by atoms with Gasteiger partial charge in [0.05, 0.1) is 35.7 Å². The van der Waals surface area contributed by atoms with Crippen LogP contribution in [-0.4, -0.2) is 47.1 Å². The molecule has 6 nitrogen and oxygen atoms in total. The number of carbonyl (C=O) groups is 1. The minimum atomic E-state index is -0.186. The Morgan fingerprint density at radius 3 is 2.58 bits per heavy atom. The van der Waals surface area contributed by atoms with Gasteiger partial charge in [-0.15, -0.1) is 0 Å².